The average molecular weight is 529 g/mol. The second kappa shape index (κ2) is 13.4. The van der Waals surface area contributed by atoms with Gasteiger partial charge in [0.25, 0.3) is 0 Å². The molecule has 204 valence electrons. The smallest absolute Gasteiger partial charge is 0.408 e. The van der Waals surface area contributed by atoms with Gasteiger partial charge in [-0.25, -0.2) is 9.59 Å². The van der Waals surface area contributed by atoms with Crippen molar-refractivity contribution in [3.63, 3.8) is 0 Å². The van der Waals surface area contributed by atoms with Crippen LogP contribution in [0.1, 0.15) is 50.3 Å². The summed E-state index contributed by atoms with van der Waals surface area (Å²) in [6.45, 7) is 5.28. The van der Waals surface area contributed by atoms with Crippen LogP contribution in [0.3, 0.4) is 0 Å². The lowest BCUT2D eigenvalue weighted by atomic mass is 9.77. The molecule has 0 unspecified atom stereocenters. The molecular weight excluding hydrogens is 492 g/mol. The lowest BCUT2D eigenvalue weighted by Crippen LogP contribution is -2.48. The highest BCUT2D eigenvalue weighted by Gasteiger charge is 2.37. The monoisotopic (exact) mass is 528 g/mol. The number of alkyl carbamates (subject to hydrolysis) is 1. The van der Waals surface area contributed by atoms with Crippen molar-refractivity contribution >= 4 is 18.0 Å². The van der Waals surface area contributed by atoms with E-state index in [0.29, 0.717) is 0 Å². The number of rotatable bonds is 10. The van der Waals surface area contributed by atoms with Crippen LogP contribution in [-0.2, 0) is 24.6 Å². The van der Waals surface area contributed by atoms with E-state index >= 15 is 0 Å². The van der Waals surface area contributed by atoms with Crippen molar-refractivity contribution in [2.24, 2.45) is 0 Å². The molecule has 0 aromatic heterocycles. The van der Waals surface area contributed by atoms with Gasteiger partial charge in [-0.1, -0.05) is 97.1 Å². The standard InChI is InChI=1S/C32H36N2O5/c1-31(2,3)39-30(37)33-27(21-23-29(36)38-4)20-22-28(35)34-32(24-14-8-5-9-15-24,25-16-10-6-11-17-25)26-18-12-7-13-19-26/h5-19,21,23,27H,20,22H2,1-4H3,(H,33,37)(H,34,35)/b23-21-/t27-/m0/s1. The zero-order valence-electron chi connectivity index (χ0n) is 22.8. The first kappa shape index (κ1) is 29.2. The highest BCUT2D eigenvalue weighted by atomic mass is 16.6. The summed E-state index contributed by atoms with van der Waals surface area (Å²) in [6.07, 6.45) is 2.38. The lowest BCUT2D eigenvalue weighted by Gasteiger charge is -2.37. The van der Waals surface area contributed by atoms with Crippen LogP contribution in [0.15, 0.2) is 103 Å². The fourth-order valence-corrected chi connectivity index (χ4v) is 4.28. The first-order chi connectivity index (χ1) is 18.6. The number of hydrogen-bond acceptors (Lipinski definition) is 5. The summed E-state index contributed by atoms with van der Waals surface area (Å²) in [4.78, 5) is 37.7. The normalized spacial score (nSPS) is 12.4. The van der Waals surface area contributed by atoms with Crippen LogP contribution in [0.2, 0.25) is 0 Å². The lowest BCUT2D eigenvalue weighted by molar-refractivity contribution is -0.134. The number of hydrogen-bond donors (Lipinski definition) is 2. The Hall–Kier alpha value is -4.39. The number of ether oxygens (including phenoxy) is 2. The molecule has 0 radical (unpaired) electrons. The third kappa shape index (κ3) is 8.30. The van der Waals surface area contributed by atoms with Crippen LogP contribution in [-0.4, -0.2) is 36.7 Å². The second-order valence-electron chi connectivity index (χ2n) is 10.1. The Morgan fingerprint density at radius 2 is 1.26 bits per heavy atom. The molecule has 0 aliphatic rings. The van der Waals surface area contributed by atoms with Crippen LogP contribution in [0.5, 0.6) is 0 Å². The van der Waals surface area contributed by atoms with E-state index in [-0.39, 0.29) is 18.7 Å². The van der Waals surface area contributed by atoms with Gasteiger partial charge in [-0.05, 0) is 43.9 Å². The van der Waals surface area contributed by atoms with E-state index in [1.54, 1.807) is 20.8 Å². The zero-order valence-corrected chi connectivity index (χ0v) is 22.8. The van der Waals surface area contributed by atoms with E-state index in [4.69, 9.17) is 4.74 Å². The number of methoxy groups -OCH3 is 1. The molecule has 3 rings (SSSR count). The number of carbonyl (C=O) groups excluding carboxylic acids is 3. The van der Waals surface area contributed by atoms with E-state index in [9.17, 15) is 14.4 Å². The van der Waals surface area contributed by atoms with Crippen molar-refractivity contribution in [1.82, 2.24) is 10.6 Å². The summed E-state index contributed by atoms with van der Waals surface area (Å²) < 4.78 is 10.0. The summed E-state index contributed by atoms with van der Waals surface area (Å²) in [5, 5.41) is 6.03. The highest BCUT2D eigenvalue weighted by Crippen LogP contribution is 2.36. The van der Waals surface area contributed by atoms with Gasteiger partial charge in [-0.3, -0.25) is 4.79 Å². The molecule has 2 amide bonds. The minimum Gasteiger partial charge on any atom is -0.466 e. The van der Waals surface area contributed by atoms with Gasteiger partial charge in [-0.2, -0.15) is 0 Å². The molecule has 0 aliphatic carbocycles. The molecule has 3 aromatic carbocycles. The van der Waals surface area contributed by atoms with Gasteiger partial charge in [0, 0.05) is 12.5 Å². The molecule has 0 bridgehead atoms. The Bertz CT molecular complexity index is 1160. The van der Waals surface area contributed by atoms with E-state index in [2.05, 4.69) is 15.4 Å². The van der Waals surface area contributed by atoms with Crippen LogP contribution >= 0.6 is 0 Å². The maximum Gasteiger partial charge on any atom is 0.408 e. The van der Waals surface area contributed by atoms with Crippen molar-refractivity contribution in [3.8, 4) is 0 Å². The molecule has 0 fully saturated rings. The minimum absolute atomic E-state index is 0.0697. The van der Waals surface area contributed by atoms with Crippen molar-refractivity contribution in [2.45, 2.75) is 50.8 Å². The van der Waals surface area contributed by atoms with Gasteiger partial charge in [0.05, 0.1) is 13.2 Å². The van der Waals surface area contributed by atoms with E-state index in [1.165, 1.54) is 19.3 Å². The van der Waals surface area contributed by atoms with E-state index in [1.807, 2.05) is 91.0 Å². The third-order valence-electron chi connectivity index (χ3n) is 6.00. The Balaban J connectivity index is 1.91. The fraction of sp³-hybridized carbons (Fsp3) is 0.281. The summed E-state index contributed by atoms with van der Waals surface area (Å²) in [7, 11) is 1.27. The van der Waals surface area contributed by atoms with Crippen molar-refractivity contribution < 1.29 is 23.9 Å². The van der Waals surface area contributed by atoms with E-state index in [0.717, 1.165) is 16.7 Å². The number of amides is 2. The summed E-state index contributed by atoms with van der Waals surface area (Å²) in [6, 6.07) is 28.8. The highest BCUT2D eigenvalue weighted by molar-refractivity contribution is 5.82. The van der Waals surface area contributed by atoms with Crippen LogP contribution < -0.4 is 10.6 Å². The minimum atomic E-state index is -0.948. The van der Waals surface area contributed by atoms with Gasteiger partial charge in [0.2, 0.25) is 5.91 Å². The predicted molar refractivity (Wildman–Crippen MR) is 151 cm³/mol. The molecule has 0 heterocycles. The molecule has 7 nitrogen and oxygen atoms in total. The first-order valence-corrected chi connectivity index (χ1v) is 12.9. The van der Waals surface area contributed by atoms with Gasteiger partial charge < -0.3 is 20.1 Å². The van der Waals surface area contributed by atoms with Gasteiger partial charge in [0.1, 0.15) is 11.1 Å². The SMILES string of the molecule is COC(=O)/C=C\[C@H](CCC(=O)NC(c1ccccc1)(c1ccccc1)c1ccccc1)NC(=O)OC(C)(C)C. The van der Waals surface area contributed by atoms with Crippen LogP contribution in [0.4, 0.5) is 4.79 Å². The van der Waals surface area contributed by atoms with Gasteiger partial charge in [-0.15, -0.1) is 0 Å². The Morgan fingerprint density at radius 3 is 1.67 bits per heavy atom. The largest absolute Gasteiger partial charge is 0.466 e. The molecule has 2 N–H and O–H groups in total. The molecule has 7 heteroatoms. The Labute approximate surface area is 230 Å². The summed E-state index contributed by atoms with van der Waals surface area (Å²) in [5.41, 5.74) is 1.08. The predicted octanol–water partition coefficient (Wildman–Crippen LogP) is 5.50. The van der Waals surface area contributed by atoms with Crippen molar-refractivity contribution in [2.75, 3.05) is 7.11 Å². The van der Waals surface area contributed by atoms with E-state index < -0.39 is 29.2 Å². The maximum atomic E-state index is 13.6. The molecule has 3 aromatic rings. The topological polar surface area (TPSA) is 93.7 Å². The van der Waals surface area contributed by atoms with Crippen LogP contribution in [0, 0.1) is 0 Å². The first-order valence-electron chi connectivity index (χ1n) is 12.9. The molecule has 0 saturated carbocycles. The Kier molecular flexibility index (Phi) is 10.0. The average Bonchev–Trinajstić information content (AvgIpc) is 2.93. The summed E-state index contributed by atoms with van der Waals surface area (Å²) in [5.74, 6) is -0.791. The molecule has 0 spiro atoms. The summed E-state index contributed by atoms with van der Waals surface area (Å²) >= 11 is 0. The molecule has 1 atom stereocenters. The second-order valence-corrected chi connectivity index (χ2v) is 10.1. The van der Waals surface area contributed by atoms with Crippen molar-refractivity contribution in [3.05, 3.63) is 120 Å². The van der Waals surface area contributed by atoms with Gasteiger partial charge in [0.15, 0.2) is 0 Å². The zero-order chi connectivity index (χ0) is 28.3. The molecule has 39 heavy (non-hydrogen) atoms. The molecule has 0 aliphatic heterocycles. The Morgan fingerprint density at radius 1 is 0.795 bits per heavy atom. The molecule has 0 saturated heterocycles. The van der Waals surface area contributed by atoms with Crippen LogP contribution in [0.25, 0.3) is 0 Å². The number of carbonyl (C=O) groups is 3. The number of benzene rings is 3. The third-order valence-corrected chi connectivity index (χ3v) is 6.00. The fourth-order valence-electron chi connectivity index (χ4n) is 4.28. The van der Waals surface area contributed by atoms with Gasteiger partial charge >= 0.3 is 12.1 Å². The van der Waals surface area contributed by atoms with Crippen molar-refractivity contribution in [1.29, 1.82) is 0 Å². The molecular formula is C32H36N2O5. The number of nitrogens with one attached hydrogen (secondary N) is 2. The quantitative estimate of drug-likeness (QED) is 0.206. The number of esters is 1. The maximum absolute atomic E-state index is 13.6.